The van der Waals surface area contributed by atoms with Crippen molar-refractivity contribution in [2.24, 2.45) is 7.05 Å². The molecule has 2 aromatic heterocycles. The van der Waals surface area contributed by atoms with Crippen molar-refractivity contribution in [1.82, 2.24) is 20.1 Å². The average molecular weight is 421 g/mol. The fourth-order valence-corrected chi connectivity index (χ4v) is 4.47. The molecule has 1 amide bonds. The van der Waals surface area contributed by atoms with E-state index in [9.17, 15) is 9.59 Å². The number of carbonyl (C=O) groups is 2. The number of aromatic nitrogens is 3. The molecule has 0 bridgehead atoms. The van der Waals surface area contributed by atoms with Crippen LogP contribution in [0.15, 0.2) is 36.4 Å². The zero-order valence-corrected chi connectivity index (χ0v) is 18.3. The second-order valence-electron chi connectivity index (χ2n) is 8.15. The first-order valence-electron chi connectivity index (χ1n) is 10.8. The highest BCUT2D eigenvalue weighted by Gasteiger charge is 2.42. The Hall–Kier alpha value is -3.22. The van der Waals surface area contributed by atoms with Gasteiger partial charge in [-0.05, 0) is 32.8 Å². The standard InChI is InChI=1S/C24H28N4O3/c1-4-31-23(30)24(13-9-6-10-14-24)26-22(29)18-15-19(17-11-7-5-8-12-17)25-21-20(18)16(2)27-28(21)3/h5,7-8,11-12,15H,4,6,9-10,13-14H2,1-3H3,(H,26,29). The Balaban J connectivity index is 1.80. The summed E-state index contributed by atoms with van der Waals surface area (Å²) in [5.41, 5.74) is 2.46. The molecular weight excluding hydrogens is 392 g/mol. The number of pyridine rings is 1. The van der Waals surface area contributed by atoms with E-state index in [-0.39, 0.29) is 18.5 Å². The largest absolute Gasteiger partial charge is 0.464 e. The summed E-state index contributed by atoms with van der Waals surface area (Å²) < 4.78 is 7.04. The molecule has 1 aliphatic carbocycles. The van der Waals surface area contributed by atoms with E-state index in [1.807, 2.05) is 44.3 Å². The lowest BCUT2D eigenvalue weighted by Gasteiger charge is -2.35. The van der Waals surface area contributed by atoms with Crippen LogP contribution in [0.4, 0.5) is 0 Å². The average Bonchev–Trinajstić information content (AvgIpc) is 3.08. The lowest BCUT2D eigenvalue weighted by Crippen LogP contribution is -2.56. The van der Waals surface area contributed by atoms with Crippen LogP contribution in [0.3, 0.4) is 0 Å². The molecule has 1 fully saturated rings. The van der Waals surface area contributed by atoms with Crippen molar-refractivity contribution in [2.45, 2.75) is 51.5 Å². The zero-order chi connectivity index (χ0) is 22.0. The number of nitrogens with zero attached hydrogens (tertiary/aromatic N) is 3. The zero-order valence-electron chi connectivity index (χ0n) is 18.3. The molecule has 0 radical (unpaired) electrons. The third kappa shape index (κ3) is 3.92. The molecule has 0 saturated heterocycles. The van der Waals surface area contributed by atoms with E-state index in [1.54, 1.807) is 17.7 Å². The van der Waals surface area contributed by atoms with Gasteiger partial charge in [0.25, 0.3) is 5.91 Å². The third-order valence-electron chi connectivity index (χ3n) is 6.01. The first-order valence-corrected chi connectivity index (χ1v) is 10.8. The van der Waals surface area contributed by atoms with Gasteiger partial charge in [0.05, 0.1) is 28.9 Å². The van der Waals surface area contributed by atoms with Crippen molar-refractivity contribution in [1.29, 1.82) is 0 Å². The predicted molar refractivity (Wildman–Crippen MR) is 119 cm³/mol. The highest BCUT2D eigenvalue weighted by atomic mass is 16.5. The number of ether oxygens (including phenoxy) is 1. The minimum Gasteiger partial charge on any atom is -0.464 e. The van der Waals surface area contributed by atoms with Crippen LogP contribution in [0.2, 0.25) is 0 Å². The molecule has 1 N–H and O–H groups in total. The quantitative estimate of drug-likeness (QED) is 0.632. The number of benzene rings is 1. The summed E-state index contributed by atoms with van der Waals surface area (Å²) in [6, 6.07) is 11.5. The molecule has 0 unspecified atom stereocenters. The lowest BCUT2D eigenvalue weighted by molar-refractivity contribution is -0.152. The number of hydrogen-bond donors (Lipinski definition) is 1. The van der Waals surface area contributed by atoms with Crippen molar-refractivity contribution in [3.05, 3.63) is 47.7 Å². The van der Waals surface area contributed by atoms with Gasteiger partial charge in [0.15, 0.2) is 5.65 Å². The van der Waals surface area contributed by atoms with E-state index in [1.165, 1.54) is 0 Å². The molecule has 1 aliphatic rings. The van der Waals surface area contributed by atoms with E-state index in [4.69, 9.17) is 9.72 Å². The molecule has 7 nitrogen and oxygen atoms in total. The molecular formula is C24H28N4O3. The molecule has 0 aliphatic heterocycles. The van der Waals surface area contributed by atoms with Gasteiger partial charge in [0, 0.05) is 12.6 Å². The normalized spacial score (nSPS) is 15.6. The molecule has 1 aromatic carbocycles. The maximum atomic E-state index is 13.6. The van der Waals surface area contributed by atoms with Crippen LogP contribution in [0.5, 0.6) is 0 Å². The Labute approximate surface area is 181 Å². The van der Waals surface area contributed by atoms with Crippen molar-refractivity contribution >= 4 is 22.9 Å². The minimum absolute atomic E-state index is 0.288. The molecule has 3 aromatic rings. The van der Waals surface area contributed by atoms with Crippen LogP contribution in [0, 0.1) is 6.92 Å². The second-order valence-corrected chi connectivity index (χ2v) is 8.15. The summed E-state index contributed by atoms with van der Waals surface area (Å²) in [7, 11) is 1.82. The highest BCUT2D eigenvalue weighted by molar-refractivity contribution is 6.09. The highest BCUT2D eigenvalue weighted by Crippen LogP contribution is 2.32. The topological polar surface area (TPSA) is 86.1 Å². The molecule has 0 spiro atoms. The van der Waals surface area contributed by atoms with Crippen molar-refractivity contribution < 1.29 is 14.3 Å². The Morgan fingerprint density at radius 1 is 1.16 bits per heavy atom. The summed E-state index contributed by atoms with van der Waals surface area (Å²) in [6.07, 6.45) is 3.99. The van der Waals surface area contributed by atoms with Crippen molar-refractivity contribution in [3.63, 3.8) is 0 Å². The van der Waals surface area contributed by atoms with Gasteiger partial charge in [0.2, 0.25) is 0 Å². The van der Waals surface area contributed by atoms with Gasteiger partial charge in [-0.2, -0.15) is 5.10 Å². The Kier molecular flexibility index (Phi) is 5.76. The van der Waals surface area contributed by atoms with E-state index in [0.717, 1.165) is 30.5 Å². The summed E-state index contributed by atoms with van der Waals surface area (Å²) in [5.74, 6) is -0.643. The molecule has 162 valence electrons. The van der Waals surface area contributed by atoms with E-state index < -0.39 is 5.54 Å². The maximum absolute atomic E-state index is 13.6. The van der Waals surface area contributed by atoms with Crippen LogP contribution in [0.1, 0.15) is 55.1 Å². The Morgan fingerprint density at radius 2 is 1.87 bits per heavy atom. The van der Waals surface area contributed by atoms with Crippen LogP contribution in [-0.2, 0) is 16.6 Å². The Bertz CT molecular complexity index is 1110. The van der Waals surface area contributed by atoms with Crippen molar-refractivity contribution in [2.75, 3.05) is 6.61 Å². The van der Waals surface area contributed by atoms with Crippen LogP contribution in [-0.4, -0.2) is 38.8 Å². The van der Waals surface area contributed by atoms with Gasteiger partial charge < -0.3 is 10.1 Å². The Morgan fingerprint density at radius 3 is 2.55 bits per heavy atom. The van der Waals surface area contributed by atoms with E-state index in [2.05, 4.69) is 10.4 Å². The summed E-state index contributed by atoms with van der Waals surface area (Å²) in [6.45, 7) is 3.94. The van der Waals surface area contributed by atoms with Gasteiger partial charge in [0.1, 0.15) is 5.54 Å². The number of rotatable bonds is 5. The first-order chi connectivity index (χ1) is 14.9. The molecule has 2 heterocycles. The number of aryl methyl sites for hydroxylation is 2. The van der Waals surface area contributed by atoms with Gasteiger partial charge in [-0.15, -0.1) is 0 Å². The number of fused-ring (bicyclic) bond motifs is 1. The smallest absolute Gasteiger partial charge is 0.331 e. The van der Waals surface area contributed by atoms with Gasteiger partial charge >= 0.3 is 5.97 Å². The maximum Gasteiger partial charge on any atom is 0.331 e. The number of hydrogen-bond acceptors (Lipinski definition) is 5. The van der Waals surface area contributed by atoms with Crippen LogP contribution < -0.4 is 5.32 Å². The number of esters is 1. The lowest BCUT2D eigenvalue weighted by atomic mass is 9.81. The minimum atomic E-state index is -0.982. The fourth-order valence-electron chi connectivity index (χ4n) is 4.47. The molecule has 0 atom stereocenters. The SMILES string of the molecule is CCOC(=O)C1(NC(=O)c2cc(-c3ccccc3)nc3c2c(C)nn3C)CCCCC1. The first kappa shape index (κ1) is 21.0. The van der Waals surface area contributed by atoms with E-state index in [0.29, 0.717) is 35.1 Å². The van der Waals surface area contributed by atoms with E-state index >= 15 is 0 Å². The van der Waals surface area contributed by atoms with Gasteiger partial charge in [-0.1, -0.05) is 49.6 Å². The van der Waals surface area contributed by atoms with Crippen LogP contribution >= 0.6 is 0 Å². The number of amides is 1. The fraction of sp³-hybridized carbons (Fsp3) is 0.417. The summed E-state index contributed by atoms with van der Waals surface area (Å²) in [4.78, 5) is 31.2. The molecule has 4 rings (SSSR count). The molecule has 7 heteroatoms. The van der Waals surface area contributed by atoms with Gasteiger partial charge in [-0.3, -0.25) is 9.48 Å². The predicted octanol–water partition coefficient (Wildman–Crippen LogP) is 3.94. The third-order valence-corrected chi connectivity index (χ3v) is 6.01. The molecule has 1 saturated carbocycles. The summed E-state index contributed by atoms with van der Waals surface area (Å²) >= 11 is 0. The van der Waals surface area contributed by atoms with Crippen LogP contribution in [0.25, 0.3) is 22.3 Å². The number of nitrogens with one attached hydrogen (secondary N) is 1. The molecule has 31 heavy (non-hydrogen) atoms. The number of carbonyl (C=O) groups excluding carboxylic acids is 2. The monoisotopic (exact) mass is 420 g/mol. The van der Waals surface area contributed by atoms with Crippen molar-refractivity contribution in [3.8, 4) is 11.3 Å². The van der Waals surface area contributed by atoms with Gasteiger partial charge in [-0.25, -0.2) is 9.78 Å². The second kappa shape index (κ2) is 8.49. The summed E-state index contributed by atoms with van der Waals surface area (Å²) in [5, 5.41) is 8.24.